The Morgan fingerprint density at radius 3 is 2.80 bits per heavy atom. The maximum atomic E-state index is 12.5. The molecule has 2 aromatic carbocycles. The van der Waals surface area contributed by atoms with E-state index < -0.39 is 0 Å². The van der Waals surface area contributed by atoms with Crippen LogP contribution >= 0.6 is 27.5 Å². The zero-order chi connectivity index (χ0) is 20.9. The van der Waals surface area contributed by atoms with E-state index in [0.717, 1.165) is 28.4 Å². The summed E-state index contributed by atoms with van der Waals surface area (Å²) in [6.07, 6.45) is 4.83. The van der Waals surface area contributed by atoms with E-state index >= 15 is 0 Å². The summed E-state index contributed by atoms with van der Waals surface area (Å²) in [5.41, 5.74) is 2.90. The van der Waals surface area contributed by atoms with Crippen LogP contribution in [0.25, 0.3) is 11.3 Å². The molecule has 0 spiro atoms. The second-order valence-electron chi connectivity index (χ2n) is 7.32. The smallest absolute Gasteiger partial charge is 0.251 e. The number of hydrogen-bond donors (Lipinski definition) is 1. The summed E-state index contributed by atoms with van der Waals surface area (Å²) in [6, 6.07) is 14.8. The first-order valence-corrected chi connectivity index (χ1v) is 11.1. The fourth-order valence-corrected chi connectivity index (χ4v) is 4.08. The lowest BCUT2D eigenvalue weighted by Gasteiger charge is -2.05. The highest BCUT2D eigenvalue weighted by Crippen LogP contribution is 2.25. The minimum atomic E-state index is -0.229. The number of halogens is 2. The van der Waals surface area contributed by atoms with Gasteiger partial charge in [0.1, 0.15) is 5.69 Å². The molecule has 6 heteroatoms. The molecule has 1 N–H and O–H groups in total. The molecule has 1 aliphatic carbocycles. The Kier molecular flexibility index (Phi) is 6.56. The van der Waals surface area contributed by atoms with Crippen LogP contribution in [0.4, 0.5) is 0 Å². The first-order valence-electron chi connectivity index (χ1n) is 9.89. The van der Waals surface area contributed by atoms with Crippen molar-refractivity contribution < 1.29 is 9.32 Å². The predicted octanol–water partition coefficient (Wildman–Crippen LogP) is 6.23. The quantitative estimate of drug-likeness (QED) is 0.448. The van der Waals surface area contributed by atoms with Gasteiger partial charge in [-0.1, -0.05) is 69.5 Å². The van der Waals surface area contributed by atoms with Gasteiger partial charge >= 0.3 is 0 Å². The Balaban J connectivity index is 1.38. The molecule has 0 atom stereocenters. The van der Waals surface area contributed by atoms with Crippen LogP contribution in [0.5, 0.6) is 0 Å². The van der Waals surface area contributed by atoms with Crippen molar-refractivity contribution in [1.82, 2.24) is 10.5 Å². The van der Waals surface area contributed by atoms with E-state index in [0.29, 0.717) is 28.0 Å². The molecule has 4 rings (SSSR count). The van der Waals surface area contributed by atoms with Crippen LogP contribution in [-0.2, 0) is 6.54 Å². The third-order valence-electron chi connectivity index (χ3n) is 5.10. The molecule has 1 saturated carbocycles. The number of rotatable bonds is 4. The normalized spacial score (nSPS) is 13.7. The molecule has 1 aliphatic rings. The van der Waals surface area contributed by atoms with Gasteiger partial charge in [-0.05, 0) is 43.2 Å². The van der Waals surface area contributed by atoms with Crippen molar-refractivity contribution in [3.63, 3.8) is 0 Å². The van der Waals surface area contributed by atoms with Crippen molar-refractivity contribution in [3.8, 4) is 23.1 Å². The van der Waals surface area contributed by atoms with Gasteiger partial charge in [0.2, 0.25) is 0 Å². The Labute approximate surface area is 189 Å². The van der Waals surface area contributed by atoms with Gasteiger partial charge in [0.25, 0.3) is 5.91 Å². The lowest BCUT2D eigenvalue weighted by Crippen LogP contribution is -2.22. The Morgan fingerprint density at radius 2 is 2.03 bits per heavy atom. The molecule has 1 heterocycles. The van der Waals surface area contributed by atoms with Gasteiger partial charge in [0, 0.05) is 33.1 Å². The molecule has 1 aromatic heterocycles. The predicted molar refractivity (Wildman–Crippen MR) is 121 cm³/mol. The number of benzene rings is 2. The molecule has 1 fully saturated rings. The minimum Gasteiger partial charge on any atom is -0.359 e. The van der Waals surface area contributed by atoms with Crippen LogP contribution in [0.3, 0.4) is 0 Å². The van der Waals surface area contributed by atoms with Crippen LogP contribution in [0.2, 0.25) is 5.02 Å². The molecule has 0 bridgehead atoms. The van der Waals surface area contributed by atoms with E-state index in [2.05, 4.69) is 38.2 Å². The standard InChI is InChI=1S/C24H20BrClN2O2/c25-20-7-3-6-18(12-20)23-14-21(30-28-23)15-27-24(29)19-11-10-17(22(26)13-19)9-8-16-4-1-2-5-16/h3,6-7,10-14,16H,1-2,4-5,15H2,(H,27,29). The highest BCUT2D eigenvalue weighted by molar-refractivity contribution is 9.10. The molecule has 152 valence electrons. The summed E-state index contributed by atoms with van der Waals surface area (Å²) < 4.78 is 6.31. The fraction of sp³-hybridized carbons (Fsp3) is 0.250. The topological polar surface area (TPSA) is 55.1 Å². The second kappa shape index (κ2) is 9.51. The van der Waals surface area contributed by atoms with Crippen molar-refractivity contribution in [2.24, 2.45) is 5.92 Å². The van der Waals surface area contributed by atoms with Gasteiger partial charge in [0.15, 0.2) is 5.76 Å². The molecule has 3 aromatic rings. The third-order valence-corrected chi connectivity index (χ3v) is 5.91. The maximum Gasteiger partial charge on any atom is 0.251 e. The van der Waals surface area contributed by atoms with E-state index in [-0.39, 0.29) is 12.5 Å². The highest BCUT2D eigenvalue weighted by atomic mass is 79.9. The monoisotopic (exact) mass is 482 g/mol. The van der Waals surface area contributed by atoms with Crippen LogP contribution in [0.15, 0.2) is 57.5 Å². The summed E-state index contributed by atoms with van der Waals surface area (Å²) in [5, 5.41) is 7.40. The number of hydrogen-bond acceptors (Lipinski definition) is 3. The number of carbonyl (C=O) groups is 1. The summed E-state index contributed by atoms with van der Waals surface area (Å²) in [6.45, 7) is 0.237. The van der Waals surface area contributed by atoms with Crippen LogP contribution in [0, 0.1) is 17.8 Å². The molecule has 0 aliphatic heterocycles. The number of nitrogens with zero attached hydrogens (tertiary/aromatic N) is 1. The van der Waals surface area contributed by atoms with Crippen molar-refractivity contribution in [2.45, 2.75) is 32.2 Å². The zero-order valence-electron chi connectivity index (χ0n) is 16.3. The average molecular weight is 484 g/mol. The van der Waals surface area contributed by atoms with E-state index in [9.17, 15) is 4.79 Å². The number of nitrogens with one attached hydrogen (secondary N) is 1. The second-order valence-corrected chi connectivity index (χ2v) is 8.64. The lowest BCUT2D eigenvalue weighted by atomic mass is 10.1. The van der Waals surface area contributed by atoms with E-state index in [1.807, 2.05) is 30.3 Å². The lowest BCUT2D eigenvalue weighted by molar-refractivity contribution is 0.0947. The van der Waals surface area contributed by atoms with Gasteiger partial charge in [0.05, 0.1) is 11.6 Å². The largest absolute Gasteiger partial charge is 0.359 e. The van der Waals surface area contributed by atoms with Gasteiger partial charge in [-0.15, -0.1) is 0 Å². The molecule has 30 heavy (non-hydrogen) atoms. The number of aromatic nitrogens is 1. The van der Waals surface area contributed by atoms with Gasteiger partial charge in [-0.25, -0.2) is 0 Å². The van der Waals surface area contributed by atoms with Gasteiger partial charge < -0.3 is 9.84 Å². The Hall–Kier alpha value is -2.55. The first kappa shape index (κ1) is 20.7. The molecule has 0 saturated heterocycles. The molecule has 4 nitrogen and oxygen atoms in total. The number of carbonyl (C=O) groups excluding carboxylic acids is 1. The SMILES string of the molecule is O=C(NCc1cc(-c2cccc(Br)c2)no1)c1ccc(C#CC2CCCC2)c(Cl)c1. The van der Waals surface area contributed by atoms with Crippen LogP contribution in [-0.4, -0.2) is 11.1 Å². The summed E-state index contributed by atoms with van der Waals surface area (Å²) in [4.78, 5) is 12.5. The van der Waals surface area contributed by atoms with Crippen molar-refractivity contribution in [2.75, 3.05) is 0 Å². The molecular formula is C24H20BrClN2O2. The number of amides is 1. The Morgan fingerprint density at radius 1 is 1.20 bits per heavy atom. The third kappa shape index (κ3) is 5.13. The van der Waals surface area contributed by atoms with Crippen molar-refractivity contribution in [1.29, 1.82) is 0 Å². The van der Waals surface area contributed by atoms with Crippen LogP contribution in [0.1, 0.15) is 47.4 Å². The Bertz CT molecular complexity index is 1120. The van der Waals surface area contributed by atoms with E-state index in [1.165, 1.54) is 12.8 Å². The first-order chi connectivity index (χ1) is 14.6. The molecule has 0 unspecified atom stereocenters. The highest BCUT2D eigenvalue weighted by Gasteiger charge is 2.13. The maximum absolute atomic E-state index is 12.5. The zero-order valence-corrected chi connectivity index (χ0v) is 18.6. The van der Waals surface area contributed by atoms with Crippen molar-refractivity contribution in [3.05, 3.63) is 74.9 Å². The van der Waals surface area contributed by atoms with E-state index in [1.54, 1.807) is 18.2 Å². The van der Waals surface area contributed by atoms with Crippen molar-refractivity contribution >= 4 is 33.4 Å². The van der Waals surface area contributed by atoms with Gasteiger partial charge in [-0.2, -0.15) is 0 Å². The van der Waals surface area contributed by atoms with E-state index in [4.69, 9.17) is 16.1 Å². The molecule has 0 radical (unpaired) electrons. The summed E-state index contributed by atoms with van der Waals surface area (Å²) >= 11 is 9.79. The molecular weight excluding hydrogens is 464 g/mol. The van der Waals surface area contributed by atoms with Gasteiger partial charge in [-0.3, -0.25) is 4.79 Å². The summed E-state index contributed by atoms with van der Waals surface area (Å²) in [7, 11) is 0. The minimum absolute atomic E-state index is 0.229. The fourth-order valence-electron chi connectivity index (χ4n) is 3.46. The average Bonchev–Trinajstić information content (AvgIpc) is 3.43. The van der Waals surface area contributed by atoms with Crippen LogP contribution < -0.4 is 5.32 Å². The molecule has 1 amide bonds. The summed E-state index contributed by atoms with van der Waals surface area (Å²) in [5.74, 6) is 7.27.